The van der Waals surface area contributed by atoms with Crippen LogP contribution < -0.4 is 0 Å². The Morgan fingerprint density at radius 3 is 2.93 bits per heavy atom. The number of rotatable bonds is 5. The van der Waals surface area contributed by atoms with Gasteiger partial charge in [-0.05, 0) is 55.4 Å². The van der Waals surface area contributed by atoms with Gasteiger partial charge < -0.3 is 9.47 Å². The molecule has 1 fully saturated rings. The summed E-state index contributed by atoms with van der Waals surface area (Å²) in [6.45, 7) is 0.868. The summed E-state index contributed by atoms with van der Waals surface area (Å²) in [5.74, 6) is 0.281. The number of carbonyl (C=O) groups excluding carboxylic acids is 1. The standard InChI is InChI=1S/C23H27N3O/c1-25-17-19(20-10-2-3-12-22(20)25)8-6-13-23(27)26-15-5-4-11-21(26)18-9-7-14-24-16-18/h2-3,7,9-10,12,14,16-17,21H,4-6,8,11,13,15H2,1H3. The quantitative estimate of drug-likeness (QED) is 0.663. The molecule has 1 atom stereocenters. The zero-order valence-corrected chi connectivity index (χ0v) is 16.0. The second-order valence-electron chi connectivity index (χ2n) is 7.52. The molecule has 1 unspecified atom stereocenters. The number of likely N-dealkylation sites (tertiary alicyclic amines) is 1. The van der Waals surface area contributed by atoms with Crippen molar-refractivity contribution in [3.05, 3.63) is 66.1 Å². The number of aryl methyl sites for hydroxylation is 2. The molecule has 4 rings (SSSR count). The van der Waals surface area contributed by atoms with Crippen molar-refractivity contribution in [2.45, 2.75) is 44.6 Å². The van der Waals surface area contributed by atoms with E-state index in [1.165, 1.54) is 28.5 Å². The highest BCUT2D eigenvalue weighted by atomic mass is 16.2. The third-order valence-electron chi connectivity index (χ3n) is 5.71. The molecule has 0 saturated carbocycles. The maximum Gasteiger partial charge on any atom is 0.223 e. The van der Waals surface area contributed by atoms with Crippen LogP contribution in [-0.4, -0.2) is 26.9 Å². The number of hydrogen-bond donors (Lipinski definition) is 0. The topological polar surface area (TPSA) is 38.1 Å². The zero-order valence-electron chi connectivity index (χ0n) is 16.0. The van der Waals surface area contributed by atoms with Crippen LogP contribution in [0.2, 0.25) is 0 Å². The van der Waals surface area contributed by atoms with E-state index in [4.69, 9.17) is 0 Å². The first-order valence-electron chi connectivity index (χ1n) is 9.96. The molecule has 1 aliphatic rings. The summed E-state index contributed by atoms with van der Waals surface area (Å²) in [5.41, 5.74) is 3.76. The van der Waals surface area contributed by atoms with Crippen LogP contribution in [0.5, 0.6) is 0 Å². The van der Waals surface area contributed by atoms with Crippen molar-refractivity contribution in [2.24, 2.45) is 7.05 Å². The lowest BCUT2D eigenvalue weighted by Gasteiger charge is -2.36. The van der Waals surface area contributed by atoms with Gasteiger partial charge >= 0.3 is 0 Å². The molecule has 4 heteroatoms. The second-order valence-corrected chi connectivity index (χ2v) is 7.52. The Morgan fingerprint density at radius 2 is 2.07 bits per heavy atom. The third kappa shape index (κ3) is 3.75. The lowest BCUT2D eigenvalue weighted by molar-refractivity contribution is -0.135. The number of piperidine rings is 1. The number of fused-ring (bicyclic) bond motifs is 1. The van der Waals surface area contributed by atoms with Crippen molar-refractivity contribution in [2.75, 3.05) is 6.54 Å². The van der Waals surface area contributed by atoms with Gasteiger partial charge in [0.15, 0.2) is 0 Å². The van der Waals surface area contributed by atoms with Crippen molar-refractivity contribution in [3.63, 3.8) is 0 Å². The van der Waals surface area contributed by atoms with E-state index in [0.29, 0.717) is 6.42 Å². The van der Waals surface area contributed by atoms with Gasteiger partial charge in [-0.2, -0.15) is 0 Å². The summed E-state index contributed by atoms with van der Waals surface area (Å²) >= 11 is 0. The molecule has 0 radical (unpaired) electrons. The Hall–Kier alpha value is -2.62. The maximum absolute atomic E-state index is 12.9. The van der Waals surface area contributed by atoms with Crippen LogP contribution >= 0.6 is 0 Å². The van der Waals surface area contributed by atoms with Gasteiger partial charge in [0, 0.05) is 49.5 Å². The first-order chi connectivity index (χ1) is 13.2. The molecule has 0 aliphatic carbocycles. The van der Waals surface area contributed by atoms with E-state index in [0.717, 1.165) is 32.2 Å². The number of amides is 1. The molecule has 3 heterocycles. The predicted octanol–water partition coefficient (Wildman–Crippen LogP) is 4.65. The summed E-state index contributed by atoms with van der Waals surface area (Å²) in [4.78, 5) is 19.3. The van der Waals surface area contributed by atoms with Gasteiger partial charge in [0.05, 0.1) is 6.04 Å². The van der Waals surface area contributed by atoms with Crippen LogP contribution in [0.4, 0.5) is 0 Å². The number of carbonyl (C=O) groups is 1. The predicted molar refractivity (Wildman–Crippen MR) is 108 cm³/mol. The molecule has 27 heavy (non-hydrogen) atoms. The monoisotopic (exact) mass is 361 g/mol. The van der Waals surface area contributed by atoms with Gasteiger partial charge in [0.25, 0.3) is 0 Å². The summed E-state index contributed by atoms with van der Waals surface area (Å²) < 4.78 is 2.18. The molecular formula is C23H27N3O. The molecule has 0 N–H and O–H groups in total. The van der Waals surface area contributed by atoms with Gasteiger partial charge in [0.2, 0.25) is 5.91 Å². The minimum absolute atomic E-state index is 0.192. The molecule has 0 spiro atoms. The van der Waals surface area contributed by atoms with Crippen LogP contribution in [0.3, 0.4) is 0 Å². The summed E-state index contributed by atoms with van der Waals surface area (Å²) in [6.07, 6.45) is 11.7. The van der Waals surface area contributed by atoms with Gasteiger partial charge in [-0.25, -0.2) is 0 Å². The maximum atomic E-state index is 12.9. The molecule has 1 aromatic carbocycles. The second kappa shape index (κ2) is 7.95. The first kappa shape index (κ1) is 17.8. The largest absolute Gasteiger partial charge is 0.350 e. The van der Waals surface area contributed by atoms with Gasteiger partial charge in [-0.1, -0.05) is 24.3 Å². The molecular weight excluding hydrogens is 334 g/mol. The fourth-order valence-electron chi connectivity index (χ4n) is 4.35. The Kier molecular flexibility index (Phi) is 5.23. The van der Waals surface area contributed by atoms with Crippen LogP contribution in [0.25, 0.3) is 10.9 Å². The number of nitrogens with zero attached hydrogens (tertiary/aromatic N) is 3. The molecule has 0 bridgehead atoms. The normalized spacial score (nSPS) is 17.4. The molecule has 1 saturated heterocycles. The fourth-order valence-corrected chi connectivity index (χ4v) is 4.35. The number of para-hydroxylation sites is 1. The Bertz CT molecular complexity index is 916. The lowest BCUT2D eigenvalue weighted by Crippen LogP contribution is -2.38. The summed E-state index contributed by atoms with van der Waals surface area (Å²) in [7, 11) is 2.09. The highest BCUT2D eigenvalue weighted by Crippen LogP contribution is 2.31. The van der Waals surface area contributed by atoms with E-state index in [2.05, 4.69) is 58.0 Å². The molecule has 1 aliphatic heterocycles. The lowest BCUT2D eigenvalue weighted by atomic mass is 9.95. The van der Waals surface area contributed by atoms with Crippen LogP contribution in [0, 0.1) is 0 Å². The SMILES string of the molecule is Cn1cc(CCCC(=O)N2CCCCC2c2cccnc2)c2ccccc21. The average molecular weight is 361 g/mol. The minimum atomic E-state index is 0.192. The Balaban J connectivity index is 1.41. The highest BCUT2D eigenvalue weighted by Gasteiger charge is 2.27. The van der Waals surface area contributed by atoms with E-state index in [1.54, 1.807) is 6.20 Å². The van der Waals surface area contributed by atoms with Gasteiger partial charge in [-0.15, -0.1) is 0 Å². The van der Waals surface area contributed by atoms with Crippen LogP contribution in [0.1, 0.15) is 49.3 Å². The number of hydrogen-bond acceptors (Lipinski definition) is 2. The van der Waals surface area contributed by atoms with Gasteiger partial charge in [-0.3, -0.25) is 9.78 Å². The Morgan fingerprint density at radius 1 is 1.19 bits per heavy atom. The van der Waals surface area contributed by atoms with E-state index >= 15 is 0 Å². The minimum Gasteiger partial charge on any atom is -0.350 e. The molecule has 140 valence electrons. The fraction of sp³-hybridized carbons (Fsp3) is 0.391. The number of aromatic nitrogens is 2. The summed E-state index contributed by atoms with van der Waals surface area (Å²) in [6, 6.07) is 12.7. The van der Waals surface area contributed by atoms with Crippen molar-refractivity contribution in [1.82, 2.24) is 14.5 Å². The molecule has 3 aromatic rings. The van der Waals surface area contributed by atoms with Crippen molar-refractivity contribution in [1.29, 1.82) is 0 Å². The van der Waals surface area contributed by atoms with E-state index in [-0.39, 0.29) is 11.9 Å². The van der Waals surface area contributed by atoms with E-state index in [9.17, 15) is 4.79 Å². The highest BCUT2D eigenvalue weighted by molar-refractivity contribution is 5.84. The first-order valence-corrected chi connectivity index (χ1v) is 9.96. The summed E-state index contributed by atoms with van der Waals surface area (Å²) in [5, 5.41) is 1.30. The smallest absolute Gasteiger partial charge is 0.223 e. The number of pyridine rings is 1. The van der Waals surface area contributed by atoms with Crippen molar-refractivity contribution < 1.29 is 4.79 Å². The van der Waals surface area contributed by atoms with Gasteiger partial charge in [0.1, 0.15) is 0 Å². The van der Waals surface area contributed by atoms with E-state index < -0.39 is 0 Å². The zero-order chi connectivity index (χ0) is 18.6. The van der Waals surface area contributed by atoms with E-state index in [1.807, 2.05) is 12.3 Å². The van der Waals surface area contributed by atoms with Crippen molar-refractivity contribution in [3.8, 4) is 0 Å². The number of benzene rings is 1. The molecule has 1 amide bonds. The Labute approximate surface area is 160 Å². The molecule has 2 aromatic heterocycles. The van der Waals surface area contributed by atoms with Crippen LogP contribution in [0.15, 0.2) is 55.0 Å². The van der Waals surface area contributed by atoms with Crippen molar-refractivity contribution >= 4 is 16.8 Å². The molecule has 4 nitrogen and oxygen atoms in total. The average Bonchev–Trinajstić information content (AvgIpc) is 3.04. The third-order valence-corrected chi connectivity index (χ3v) is 5.71. The van der Waals surface area contributed by atoms with Crippen LogP contribution in [-0.2, 0) is 18.3 Å².